The Labute approximate surface area is 176 Å². The third-order valence-corrected chi connectivity index (χ3v) is 5.37. The molecular formula is C20H27ClN4O2S. The molecule has 0 atom stereocenters. The van der Waals surface area contributed by atoms with Gasteiger partial charge >= 0.3 is 6.03 Å². The Morgan fingerprint density at radius 1 is 0.964 bits per heavy atom. The number of rotatable bonds is 7. The van der Waals surface area contributed by atoms with Crippen LogP contribution in [-0.2, 0) is 6.42 Å². The molecule has 0 unspecified atom stereocenters. The average Bonchev–Trinajstić information content (AvgIpc) is 3.24. The molecule has 0 radical (unpaired) electrons. The standard InChI is InChI=1S/C20H26N4O2S.ClH/c25-19(18-7-15-27-16-18)24-13-11-23(12-14-24)10-9-22-20(26)21-8-6-17-4-2-1-3-5-17;/h1-5,7,15-16H,6,8-14H2,(H2,21,22,26);1H. The topological polar surface area (TPSA) is 64.7 Å². The molecule has 2 N–H and O–H groups in total. The van der Waals surface area contributed by atoms with Crippen molar-refractivity contribution in [3.63, 3.8) is 0 Å². The monoisotopic (exact) mass is 422 g/mol. The Morgan fingerprint density at radius 2 is 1.68 bits per heavy atom. The van der Waals surface area contributed by atoms with Crippen molar-refractivity contribution in [3.8, 4) is 0 Å². The van der Waals surface area contributed by atoms with E-state index < -0.39 is 0 Å². The molecule has 2 heterocycles. The molecule has 1 aromatic carbocycles. The first-order chi connectivity index (χ1) is 13.2. The fourth-order valence-electron chi connectivity index (χ4n) is 3.10. The van der Waals surface area contributed by atoms with E-state index in [1.165, 1.54) is 5.56 Å². The van der Waals surface area contributed by atoms with E-state index in [1.807, 2.05) is 39.9 Å². The highest BCUT2D eigenvalue weighted by atomic mass is 35.5. The summed E-state index contributed by atoms with van der Waals surface area (Å²) >= 11 is 1.55. The van der Waals surface area contributed by atoms with E-state index in [0.29, 0.717) is 13.1 Å². The van der Waals surface area contributed by atoms with Crippen molar-refractivity contribution in [1.29, 1.82) is 0 Å². The molecule has 28 heavy (non-hydrogen) atoms. The van der Waals surface area contributed by atoms with E-state index in [2.05, 4.69) is 27.7 Å². The Morgan fingerprint density at radius 3 is 2.36 bits per heavy atom. The molecule has 152 valence electrons. The predicted octanol–water partition coefficient (Wildman–Crippen LogP) is 2.47. The maximum Gasteiger partial charge on any atom is 0.314 e. The van der Waals surface area contributed by atoms with Crippen LogP contribution < -0.4 is 10.6 Å². The van der Waals surface area contributed by atoms with Gasteiger partial charge in [0.2, 0.25) is 0 Å². The van der Waals surface area contributed by atoms with Crippen molar-refractivity contribution in [1.82, 2.24) is 20.4 Å². The molecule has 0 spiro atoms. The van der Waals surface area contributed by atoms with Crippen LogP contribution in [0.25, 0.3) is 0 Å². The van der Waals surface area contributed by atoms with Crippen molar-refractivity contribution in [3.05, 3.63) is 58.3 Å². The third kappa shape index (κ3) is 6.82. The van der Waals surface area contributed by atoms with E-state index in [9.17, 15) is 9.59 Å². The van der Waals surface area contributed by atoms with Crippen molar-refractivity contribution in [2.24, 2.45) is 0 Å². The molecule has 1 aliphatic rings. The molecule has 0 aliphatic carbocycles. The molecule has 1 saturated heterocycles. The summed E-state index contributed by atoms with van der Waals surface area (Å²) in [6.07, 6.45) is 0.828. The second-order valence-electron chi connectivity index (χ2n) is 6.56. The zero-order chi connectivity index (χ0) is 18.9. The summed E-state index contributed by atoms with van der Waals surface area (Å²) in [7, 11) is 0. The number of benzene rings is 1. The van der Waals surface area contributed by atoms with Crippen LogP contribution in [0.15, 0.2) is 47.2 Å². The number of halogens is 1. The van der Waals surface area contributed by atoms with E-state index in [0.717, 1.165) is 44.7 Å². The SMILES string of the molecule is Cl.O=C(NCCc1ccccc1)NCCN1CCN(C(=O)c2ccsc2)CC1. The fourth-order valence-corrected chi connectivity index (χ4v) is 3.73. The highest BCUT2D eigenvalue weighted by molar-refractivity contribution is 7.08. The minimum absolute atomic E-state index is 0. The summed E-state index contributed by atoms with van der Waals surface area (Å²) in [6.45, 7) is 5.18. The van der Waals surface area contributed by atoms with Crippen LogP contribution >= 0.6 is 23.7 Å². The highest BCUT2D eigenvalue weighted by Crippen LogP contribution is 2.11. The second-order valence-corrected chi connectivity index (χ2v) is 7.34. The molecule has 1 aliphatic heterocycles. The maximum atomic E-state index is 12.3. The number of carbonyl (C=O) groups is 2. The lowest BCUT2D eigenvalue weighted by molar-refractivity contribution is 0.0640. The largest absolute Gasteiger partial charge is 0.338 e. The Kier molecular flexibility index (Phi) is 9.27. The van der Waals surface area contributed by atoms with Crippen LogP contribution in [0, 0.1) is 0 Å². The summed E-state index contributed by atoms with van der Waals surface area (Å²) in [5.41, 5.74) is 2.00. The second kappa shape index (κ2) is 11.7. The smallest absolute Gasteiger partial charge is 0.314 e. The lowest BCUT2D eigenvalue weighted by Gasteiger charge is -2.34. The molecule has 3 amide bonds. The number of urea groups is 1. The number of hydrogen-bond donors (Lipinski definition) is 2. The van der Waals surface area contributed by atoms with E-state index >= 15 is 0 Å². The van der Waals surface area contributed by atoms with Crippen molar-refractivity contribution < 1.29 is 9.59 Å². The van der Waals surface area contributed by atoms with Crippen LogP contribution in [0.1, 0.15) is 15.9 Å². The van der Waals surface area contributed by atoms with Gasteiger partial charge in [0.05, 0.1) is 5.56 Å². The minimum atomic E-state index is -0.128. The maximum absolute atomic E-state index is 12.3. The minimum Gasteiger partial charge on any atom is -0.338 e. The van der Waals surface area contributed by atoms with E-state index in [-0.39, 0.29) is 24.3 Å². The van der Waals surface area contributed by atoms with Gasteiger partial charge in [-0.1, -0.05) is 30.3 Å². The van der Waals surface area contributed by atoms with Gasteiger partial charge in [0.1, 0.15) is 0 Å². The van der Waals surface area contributed by atoms with Gasteiger partial charge in [-0.05, 0) is 23.4 Å². The first-order valence-corrected chi connectivity index (χ1v) is 10.3. The normalized spacial score (nSPS) is 14.2. The van der Waals surface area contributed by atoms with Crippen LogP contribution in [0.3, 0.4) is 0 Å². The Balaban J connectivity index is 0.00000280. The number of nitrogens with zero attached hydrogens (tertiary/aromatic N) is 2. The van der Waals surface area contributed by atoms with Gasteiger partial charge in [0.25, 0.3) is 5.91 Å². The summed E-state index contributed by atoms with van der Waals surface area (Å²) in [5, 5.41) is 9.62. The quantitative estimate of drug-likeness (QED) is 0.720. The molecule has 8 heteroatoms. The van der Waals surface area contributed by atoms with Gasteiger partial charge in [-0.3, -0.25) is 9.69 Å². The third-order valence-electron chi connectivity index (χ3n) is 4.68. The molecule has 1 fully saturated rings. The molecule has 0 bridgehead atoms. The zero-order valence-electron chi connectivity index (χ0n) is 15.8. The van der Waals surface area contributed by atoms with Crippen molar-refractivity contribution >= 4 is 35.7 Å². The van der Waals surface area contributed by atoms with Crippen molar-refractivity contribution in [2.75, 3.05) is 45.8 Å². The number of hydrogen-bond acceptors (Lipinski definition) is 4. The van der Waals surface area contributed by atoms with Gasteiger partial charge in [0, 0.05) is 51.2 Å². The van der Waals surface area contributed by atoms with Gasteiger partial charge in [-0.2, -0.15) is 11.3 Å². The molecular weight excluding hydrogens is 396 g/mol. The van der Waals surface area contributed by atoms with Crippen molar-refractivity contribution in [2.45, 2.75) is 6.42 Å². The molecule has 6 nitrogen and oxygen atoms in total. The number of thiophene rings is 1. The van der Waals surface area contributed by atoms with Crippen LogP contribution in [0.2, 0.25) is 0 Å². The molecule has 0 saturated carbocycles. The lowest BCUT2D eigenvalue weighted by atomic mass is 10.1. The zero-order valence-corrected chi connectivity index (χ0v) is 17.4. The Hall–Kier alpha value is -2.09. The highest BCUT2D eigenvalue weighted by Gasteiger charge is 2.22. The van der Waals surface area contributed by atoms with E-state index in [4.69, 9.17) is 0 Å². The van der Waals surface area contributed by atoms with Gasteiger partial charge in [-0.15, -0.1) is 12.4 Å². The fraction of sp³-hybridized carbons (Fsp3) is 0.400. The number of carbonyl (C=O) groups excluding carboxylic acids is 2. The first-order valence-electron chi connectivity index (χ1n) is 9.32. The summed E-state index contributed by atoms with van der Waals surface area (Å²) in [5.74, 6) is 0.117. The summed E-state index contributed by atoms with van der Waals surface area (Å²) < 4.78 is 0. The predicted molar refractivity (Wildman–Crippen MR) is 115 cm³/mol. The molecule has 1 aromatic heterocycles. The lowest BCUT2D eigenvalue weighted by Crippen LogP contribution is -2.50. The first kappa shape index (κ1) is 22.2. The number of nitrogens with one attached hydrogen (secondary N) is 2. The van der Waals surface area contributed by atoms with Crippen LogP contribution in [0.4, 0.5) is 4.79 Å². The van der Waals surface area contributed by atoms with Gasteiger partial charge < -0.3 is 15.5 Å². The van der Waals surface area contributed by atoms with Crippen LogP contribution in [-0.4, -0.2) is 67.6 Å². The number of piperazine rings is 1. The average molecular weight is 423 g/mol. The molecule has 2 aromatic rings. The van der Waals surface area contributed by atoms with Gasteiger partial charge in [-0.25, -0.2) is 4.79 Å². The Bertz CT molecular complexity index is 719. The van der Waals surface area contributed by atoms with Crippen LogP contribution in [0.5, 0.6) is 0 Å². The van der Waals surface area contributed by atoms with E-state index in [1.54, 1.807) is 11.3 Å². The summed E-state index contributed by atoms with van der Waals surface area (Å²) in [4.78, 5) is 28.4. The molecule has 3 rings (SSSR count). The summed E-state index contributed by atoms with van der Waals surface area (Å²) in [6, 6.07) is 11.9. The van der Waals surface area contributed by atoms with Gasteiger partial charge in [0.15, 0.2) is 0 Å². The number of amides is 3.